The molecule has 0 saturated heterocycles. The summed E-state index contributed by atoms with van der Waals surface area (Å²) in [7, 11) is -3.77. The maximum absolute atomic E-state index is 13.2. The molecule has 1 atom stereocenters. The molecule has 0 fully saturated rings. The number of anilines is 1. The van der Waals surface area contributed by atoms with Crippen LogP contribution >= 0.6 is 0 Å². The number of sulfonamides is 1. The number of nitrogen functional groups attached to an aromatic ring is 1. The highest BCUT2D eigenvalue weighted by Gasteiger charge is 2.20. The highest BCUT2D eigenvalue weighted by atomic mass is 32.2. The molecule has 0 saturated carbocycles. The number of rotatable bonds is 8. The summed E-state index contributed by atoms with van der Waals surface area (Å²) in [6, 6.07) is 3.15. The Morgan fingerprint density at radius 3 is 2.65 bits per heavy atom. The van der Waals surface area contributed by atoms with Gasteiger partial charge in [-0.05, 0) is 31.5 Å². The van der Waals surface area contributed by atoms with Crippen molar-refractivity contribution in [3.05, 3.63) is 24.0 Å². The van der Waals surface area contributed by atoms with Crippen LogP contribution < -0.4 is 10.5 Å². The monoisotopic (exact) mass is 302 g/mol. The average Bonchev–Trinajstić information content (AvgIpc) is 2.37. The maximum Gasteiger partial charge on any atom is 0.242 e. The fraction of sp³-hybridized carbons (Fsp3) is 0.571. The van der Waals surface area contributed by atoms with Crippen LogP contribution in [0.15, 0.2) is 23.1 Å². The molecule has 0 aromatic heterocycles. The molecule has 0 heterocycles. The van der Waals surface area contributed by atoms with Crippen LogP contribution in [-0.2, 0) is 10.0 Å². The van der Waals surface area contributed by atoms with Crippen LogP contribution in [-0.4, -0.2) is 14.5 Å². The van der Waals surface area contributed by atoms with E-state index in [2.05, 4.69) is 11.6 Å². The predicted octanol–water partition coefficient (Wildman–Crippen LogP) is 3.05. The van der Waals surface area contributed by atoms with Crippen molar-refractivity contribution >= 4 is 15.7 Å². The molecule has 3 N–H and O–H groups in total. The second kappa shape index (κ2) is 7.59. The van der Waals surface area contributed by atoms with Gasteiger partial charge < -0.3 is 5.73 Å². The quantitative estimate of drug-likeness (QED) is 0.572. The number of hydrogen-bond donors (Lipinski definition) is 2. The Kier molecular flexibility index (Phi) is 6.42. The van der Waals surface area contributed by atoms with Crippen LogP contribution in [0.2, 0.25) is 0 Å². The summed E-state index contributed by atoms with van der Waals surface area (Å²) in [6.45, 7) is 3.93. The molecule has 0 aliphatic heterocycles. The maximum atomic E-state index is 13.2. The normalized spacial score (nSPS) is 13.3. The lowest BCUT2D eigenvalue weighted by molar-refractivity contribution is 0.521. The van der Waals surface area contributed by atoms with Crippen LogP contribution in [0.1, 0.15) is 46.0 Å². The summed E-state index contributed by atoms with van der Waals surface area (Å²) in [5.74, 6) is -0.616. The molecule has 1 unspecified atom stereocenters. The van der Waals surface area contributed by atoms with Crippen molar-refractivity contribution in [2.45, 2.75) is 56.9 Å². The standard InChI is InChI=1S/C14H23FN2O2S/c1-3-4-5-6-7-11(2)17-20(18,19)14-10-12(15)8-9-13(14)16/h8-11,17H,3-7,16H2,1-2H3. The van der Waals surface area contributed by atoms with Gasteiger partial charge in [-0.1, -0.05) is 32.6 Å². The van der Waals surface area contributed by atoms with Crippen molar-refractivity contribution in [2.75, 3.05) is 5.73 Å². The smallest absolute Gasteiger partial charge is 0.242 e. The van der Waals surface area contributed by atoms with Crippen LogP contribution in [0.4, 0.5) is 10.1 Å². The Bertz CT molecular complexity index is 532. The molecule has 20 heavy (non-hydrogen) atoms. The van der Waals surface area contributed by atoms with Gasteiger partial charge in [0.1, 0.15) is 10.7 Å². The van der Waals surface area contributed by atoms with Crippen LogP contribution in [0, 0.1) is 5.82 Å². The van der Waals surface area contributed by atoms with Gasteiger partial charge in [-0.25, -0.2) is 17.5 Å². The first kappa shape index (κ1) is 16.9. The summed E-state index contributed by atoms with van der Waals surface area (Å²) in [6.07, 6.45) is 5.10. The van der Waals surface area contributed by atoms with Gasteiger partial charge in [0.2, 0.25) is 10.0 Å². The lowest BCUT2D eigenvalue weighted by Crippen LogP contribution is -2.33. The molecule has 6 heteroatoms. The van der Waals surface area contributed by atoms with E-state index in [1.54, 1.807) is 6.92 Å². The number of nitrogens with one attached hydrogen (secondary N) is 1. The van der Waals surface area contributed by atoms with E-state index in [1.165, 1.54) is 6.07 Å². The predicted molar refractivity (Wildman–Crippen MR) is 79.4 cm³/mol. The van der Waals surface area contributed by atoms with Crippen molar-refractivity contribution in [2.24, 2.45) is 0 Å². The zero-order valence-corrected chi connectivity index (χ0v) is 12.8. The van der Waals surface area contributed by atoms with Gasteiger partial charge in [-0.15, -0.1) is 0 Å². The van der Waals surface area contributed by atoms with Gasteiger partial charge in [0.25, 0.3) is 0 Å². The zero-order chi connectivity index (χ0) is 15.2. The minimum atomic E-state index is -3.77. The largest absolute Gasteiger partial charge is 0.398 e. The van der Waals surface area contributed by atoms with Gasteiger partial charge in [-0.2, -0.15) is 0 Å². The van der Waals surface area contributed by atoms with E-state index in [9.17, 15) is 12.8 Å². The summed E-state index contributed by atoms with van der Waals surface area (Å²) in [4.78, 5) is -0.196. The molecular weight excluding hydrogens is 279 g/mol. The average molecular weight is 302 g/mol. The highest BCUT2D eigenvalue weighted by molar-refractivity contribution is 7.89. The zero-order valence-electron chi connectivity index (χ0n) is 12.0. The Morgan fingerprint density at radius 1 is 1.30 bits per heavy atom. The third-order valence-corrected chi connectivity index (χ3v) is 4.76. The number of nitrogens with two attached hydrogens (primary N) is 1. The van der Waals surface area contributed by atoms with Crippen molar-refractivity contribution in [3.63, 3.8) is 0 Å². The first-order valence-electron chi connectivity index (χ1n) is 6.94. The van der Waals surface area contributed by atoms with Gasteiger partial charge in [0, 0.05) is 6.04 Å². The number of benzene rings is 1. The van der Waals surface area contributed by atoms with E-state index in [4.69, 9.17) is 5.73 Å². The SMILES string of the molecule is CCCCCCC(C)NS(=O)(=O)c1cc(F)ccc1N. The first-order chi connectivity index (χ1) is 9.36. The highest BCUT2D eigenvalue weighted by Crippen LogP contribution is 2.20. The van der Waals surface area contributed by atoms with E-state index in [0.717, 1.165) is 44.2 Å². The molecule has 4 nitrogen and oxygen atoms in total. The second-order valence-corrected chi connectivity index (χ2v) is 6.74. The Hall–Kier alpha value is -1.14. The van der Waals surface area contributed by atoms with E-state index in [-0.39, 0.29) is 16.6 Å². The topological polar surface area (TPSA) is 72.2 Å². The summed E-state index contributed by atoms with van der Waals surface area (Å²) in [5, 5.41) is 0. The molecule has 0 amide bonds. The Morgan fingerprint density at radius 2 is 2.00 bits per heavy atom. The minimum absolute atomic E-state index is 0.0529. The van der Waals surface area contributed by atoms with Crippen molar-refractivity contribution in [3.8, 4) is 0 Å². The van der Waals surface area contributed by atoms with Crippen LogP contribution in [0.5, 0.6) is 0 Å². The third kappa shape index (κ3) is 5.09. The van der Waals surface area contributed by atoms with Gasteiger partial charge in [0.15, 0.2) is 0 Å². The summed E-state index contributed by atoms with van der Waals surface area (Å²) < 4.78 is 40.0. The molecule has 0 bridgehead atoms. The van der Waals surface area contributed by atoms with E-state index in [1.807, 2.05) is 0 Å². The fourth-order valence-electron chi connectivity index (χ4n) is 2.01. The molecule has 1 rings (SSSR count). The van der Waals surface area contributed by atoms with Crippen molar-refractivity contribution in [1.29, 1.82) is 0 Å². The molecule has 0 aliphatic carbocycles. The Labute approximate surface area is 120 Å². The second-order valence-electron chi connectivity index (χ2n) is 5.05. The Balaban J connectivity index is 2.67. The molecule has 0 aliphatic rings. The van der Waals surface area contributed by atoms with Gasteiger partial charge in [-0.3, -0.25) is 0 Å². The molecule has 1 aromatic carbocycles. The van der Waals surface area contributed by atoms with E-state index < -0.39 is 15.8 Å². The van der Waals surface area contributed by atoms with Gasteiger partial charge in [0.05, 0.1) is 5.69 Å². The lowest BCUT2D eigenvalue weighted by atomic mass is 10.1. The van der Waals surface area contributed by atoms with Crippen molar-refractivity contribution in [1.82, 2.24) is 4.72 Å². The summed E-state index contributed by atoms with van der Waals surface area (Å²) >= 11 is 0. The minimum Gasteiger partial charge on any atom is -0.398 e. The van der Waals surface area contributed by atoms with E-state index in [0.29, 0.717) is 0 Å². The van der Waals surface area contributed by atoms with Crippen LogP contribution in [0.25, 0.3) is 0 Å². The number of halogens is 1. The van der Waals surface area contributed by atoms with Crippen LogP contribution in [0.3, 0.4) is 0 Å². The molecule has 0 radical (unpaired) electrons. The fourth-order valence-corrected chi connectivity index (χ4v) is 3.43. The number of unbranched alkanes of at least 4 members (excludes halogenated alkanes) is 3. The van der Waals surface area contributed by atoms with Crippen molar-refractivity contribution < 1.29 is 12.8 Å². The lowest BCUT2D eigenvalue weighted by Gasteiger charge is -2.15. The van der Waals surface area contributed by atoms with E-state index >= 15 is 0 Å². The third-order valence-electron chi connectivity index (χ3n) is 3.11. The molecule has 1 aromatic rings. The molecule has 0 spiro atoms. The summed E-state index contributed by atoms with van der Waals surface area (Å²) in [5.41, 5.74) is 5.66. The first-order valence-corrected chi connectivity index (χ1v) is 8.42. The molecule has 114 valence electrons. The number of hydrogen-bond acceptors (Lipinski definition) is 3. The molecular formula is C14H23FN2O2S. The van der Waals surface area contributed by atoms with Gasteiger partial charge >= 0.3 is 0 Å².